The standard InChI is InChI=1S/C28H40N2O/c1-28(2,3)24-15-13-22(14-16-24)25-11-7-8-12-26(25)30-19-17-29(18-20-30)21-27(31)23-9-5-4-6-10-23/h4-12,22,24,27,31H,13-21H2,1-3H3. The lowest BCUT2D eigenvalue weighted by atomic mass is 9.68. The minimum Gasteiger partial charge on any atom is -0.387 e. The molecule has 3 nitrogen and oxygen atoms in total. The molecule has 2 fully saturated rings. The monoisotopic (exact) mass is 420 g/mol. The maximum absolute atomic E-state index is 10.6. The molecule has 1 aliphatic carbocycles. The molecule has 0 radical (unpaired) electrons. The first-order chi connectivity index (χ1) is 14.9. The van der Waals surface area contributed by atoms with Gasteiger partial charge in [0.15, 0.2) is 0 Å². The molecular weight excluding hydrogens is 380 g/mol. The van der Waals surface area contributed by atoms with Gasteiger partial charge in [0.1, 0.15) is 0 Å². The van der Waals surface area contributed by atoms with E-state index in [1.54, 1.807) is 5.56 Å². The first-order valence-electron chi connectivity index (χ1n) is 12.2. The van der Waals surface area contributed by atoms with Crippen LogP contribution in [-0.4, -0.2) is 42.7 Å². The molecule has 1 atom stereocenters. The molecule has 4 rings (SSSR count). The van der Waals surface area contributed by atoms with E-state index in [0.29, 0.717) is 11.3 Å². The normalized spacial score (nSPS) is 24.2. The topological polar surface area (TPSA) is 26.7 Å². The van der Waals surface area contributed by atoms with Crippen molar-refractivity contribution in [3.63, 3.8) is 0 Å². The summed E-state index contributed by atoms with van der Waals surface area (Å²) in [5, 5.41) is 10.6. The van der Waals surface area contributed by atoms with Crippen LogP contribution in [0.15, 0.2) is 54.6 Å². The number of benzene rings is 2. The molecule has 0 amide bonds. The van der Waals surface area contributed by atoms with Crippen molar-refractivity contribution in [1.29, 1.82) is 0 Å². The number of rotatable bonds is 5. The van der Waals surface area contributed by atoms with Gasteiger partial charge in [-0.2, -0.15) is 0 Å². The van der Waals surface area contributed by atoms with Crippen LogP contribution in [0.2, 0.25) is 0 Å². The molecule has 0 bridgehead atoms. The fourth-order valence-corrected chi connectivity index (χ4v) is 5.59. The average molecular weight is 421 g/mol. The summed E-state index contributed by atoms with van der Waals surface area (Å²) in [5.41, 5.74) is 4.46. The zero-order valence-electron chi connectivity index (χ0n) is 19.6. The summed E-state index contributed by atoms with van der Waals surface area (Å²) >= 11 is 0. The van der Waals surface area contributed by atoms with Gasteiger partial charge in [0.05, 0.1) is 6.10 Å². The molecule has 1 saturated heterocycles. The third-order valence-electron chi connectivity index (χ3n) is 7.66. The van der Waals surface area contributed by atoms with E-state index in [2.05, 4.69) is 54.8 Å². The maximum Gasteiger partial charge on any atom is 0.0916 e. The highest BCUT2D eigenvalue weighted by Crippen LogP contribution is 2.45. The Morgan fingerprint density at radius 2 is 1.45 bits per heavy atom. The zero-order chi connectivity index (χ0) is 21.8. The van der Waals surface area contributed by atoms with Gasteiger partial charge in [-0.3, -0.25) is 4.90 Å². The van der Waals surface area contributed by atoms with Gasteiger partial charge in [-0.25, -0.2) is 0 Å². The number of hydrogen-bond acceptors (Lipinski definition) is 3. The summed E-state index contributed by atoms with van der Waals surface area (Å²) < 4.78 is 0. The summed E-state index contributed by atoms with van der Waals surface area (Å²) in [4.78, 5) is 4.99. The molecule has 1 aliphatic heterocycles. The van der Waals surface area contributed by atoms with Crippen molar-refractivity contribution in [2.24, 2.45) is 11.3 Å². The minimum atomic E-state index is -0.405. The van der Waals surface area contributed by atoms with Crippen molar-refractivity contribution in [2.45, 2.75) is 58.5 Å². The van der Waals surface area contributed by atoms with Crippen molar-refractivity contribution < 1.29 is 5.11 Å². The molecule has 0 aromatic heterocycles. The first kappa shape index (κ1) is 22.4. The van der Waals surface area contributed by atoms with Gasteiger partial charge >= 0.3 is 0 Å². The molecule has 2 aromatic carbocycles. The van der Waals surface area contributed by atoms with Crippen LogP contribution in [0.5, 0.6) is 0 Å². The quantitative estimate of drug-likeness (QED) is 0.656. The number of aliphatic hydroxyl groups excluding tert-OH is 1. The lowest BCUT2D eigenvalue weighted by molar-refractivity contribution is 0.109. The highest BCUT2D eigenvalue weighted by Gasteiger charge is 2.31. The van der Waals surface area contributed by atoms with Gasteiger partial charge in [0.2, 0.25) is 0 Å². The number of hydrogen-bond donors (Lipinski definition) is 1. The Morgan fingerprint density at radius 1 is 0.839 bits per heavy atom. The summed E-state index contributed by atoms with van der Waals surface area (Å²) in [6.07, 6.45) is 4.95. The van der Waals surface area contributed by atoms with Crippen LogP contribution in [0.25, 0.3) is 0 Å². The fourth-order valence-electron chi connectivity index (χ4n) is 5.59. The van der Waals surface area contributed by atoms with Gasteiger partial charge in [-0.05, 0) is 60.1 Å². The van der Waals surface area contributed by atoms with Gasteiger partial charge in [-0.15, -0.1) is 0 Å². The van der Waals surface area contributed by atoms with Gasteiger partial charge in [0, 0.05) is 38.4 Å². The second-order valence-electron chi connectivity index (χ2n) is 10.7. The SMILES string of the molecule is CC(C)(C)C1CCC(c2ccccc2N2CCN(CC(O)c3ccccc3)CC2)CC1. The van der Waals surface area contributed by atoms with Crippen molar-refractivity contribution in [3.05, 3.63) is 65.7 Å². The van der Waals surface area contributed by atoms with Gasteiger partial charge < -0.3 is 10.0 Å². The third-order valence-corrected chi connectivity index (χ3v) is 7.66. The molecule has 3 heteroatoms. The highest BCUT2D eigenvalue weighted by molar-refractivity contribution is 5.55. The predicted molar refractivity (Wildman–Crippen MR) is 131 cm³/mol. The van der Waals surface area contributed by atoms with Gasteiger partial charge in [-0.1, -0.05) is 69.3 Å². The van der Waals surface area contributed by atoms with E-state index in [-0.39, 0.29) is 0 Å². The van der Waals surface area contributed by atoms with Crippen molar-refractivity contribution in [1.82, 2.24) is 4.90 Å². The van der Waals surface area contributed by atoms with Crippen LogP contribution in [0.4, 0.5) is 5.69 Å². The molecule has 0 spiro atoms. The van der Waals surface area contributed by atoms with Crippen molar-refractivity contribution >= 4 is 5.69 Å². The molecule has 2 aliphatic rings. The highest BCUT2D eigenvalue weighted by atomic mass is 16.3. The van der Waals surface area contributed by atoms with E-state index >= 15 is 0 Å². The molecular formula is C28H40N2O. The van der Waals surface area contributed by atoms with Crippen molar-refractivity contribution in [3.8, 4) is 0 Å². The van der Waals surface area contributed by atoms with Crippen LogP contribution in [0.1, 0.15) is 69.6 Å². The lowest BCUT2D eigenvalue weighted by Crippen LogP contribution is -2.47. The Morgan fingerprint density at radius 3 is 2.10 bits per heavy atom. The Labute approximate surface area is 189 Å². The molecule has 31 heavy (non-hydrogen) atoms. The second-order valence-corrected chi connectivity index (χ2v) is 10.7. The summed E-state index contributed by atoms with van der Waals surface area (Å²) in [6.45, 7) is 12.0. The number of nitrogens with zero attached hydrogens (tertiary/aromatic N) is 2. The fraction of sp³-hybridized carbons (Fsp3) is 0.571. The number of piperazine rings is 1. The lowest BCUT2D eigenvalue weighted by Gasteiger charge is -2.40. The summed E-state index contributed by atoms with van der Waals surface area (Å²) in [6, 6.07) is 19.2. The second kappa shape index (κ2) is 9.75. The number of β-amino-alcohol motifs (C(OH)–C–C–N with tert-alkyl or cyclic N) is 1. The van der Waals surface area contributed by atoms with Crippen LogP contribution in [0.3, 0.4) is 0 Å². The molecule has 1 unspecified atom stereocenters. The van der Waals surface area contributed by atoms with E-state index in [1.807, 2.05) is 30.3 Å². The minimum absolute atomic E-state index is 0.405. The Bertz CT molecular complexity index is 812. The largest absolute Gasteiger partial charge is 0.387 e. The van der Waals surface area contributed by atoms with E-state index in [4.69, 9.17) is 0 Å². The number of para-hydroxylation sites is 1. The molecule has 168 valence electrons. The smallest absolute Gasteiger partial charge is 0.0916 e. The Balaban J connectivity index is 1.35. The van der Waals surface area contributed by atoms with E-state index in [0.717, 1.165) is 44.2 Å². The summed E-state index contributed by atoms with van der Waals surface area (Å²) in [7, 11) is 0. The third kappa shape index (κ3) is 5.51. The number of aliphatic hydroxyl groups is 1. The van der Waals surface area contributed by atoms with Crippen LogP contribution in [0, 0.1) is 11.3 Å². The zero-order valence-corrected chi connectivity index (χ0v) is 19.6. The molecule has 1 saturated carbocycles. The number of anilines is 1. The molecule has 1 heterocycles. The van der Waals surface area contributed by atoms with E-state index < -0.39 is 6.10 Å². The van der Waals surface area contributed by atoms with Gasteiger partial charge in [0.25, 0.3) is 0 Å². The maximum atomic E-state index is 10.6. The van der Waals surface area contributed by atoms with E-state index in [9.17, 15) is 5.11 Å². The van der Waals surface area contributed by atoms with Crippen LogP contribution in [-0.2, 0) is 0 Å². The van der Waals surface area contributed by atoms with Crippen LogP contribution >= 0.6 is 0 Å². The van der Waals surface area contributed by atoms with E-state index in [1.165, 1.54) is 31.4 Å². The van der Waals surface area contributed by atoms with Crippen molar-refractivity contribution in [2.75, 3.05) is 37.6 Å². The summed E-state index contributed by atoms with van der Waals surface area (Å²) in [5.74, 6) is 1.56. The first-order valence-corrected chi connectivity index (χ1v) is 12.2. The predicted octanol–water partition coefficient (Wildman–Crippen LogP) is 5.86. The molecule has 2 aromatic rings. The average Bonchev–Trinajstić information content (AvgIpc) is 2.80. The Kier molecular flexibility index (Phi) is 7.03. The Hall–Kier alpha value is -1.84. The van der Waals surface area contributed by atoms with Crippen LogP contribution < -0.4 is 4.90 Å². The molecule has 1 N–H and O–H groups in total.